The van der Waals surface area contributed by atoms with Gasteiger partial charge in [0.05, 0.1) is 13.7 Å². The molecule has 1 aliphatic rings. The van der Waals surface area contributed by atoms with E-state index in [2.05, 4.69) is 0 Å². The van der Waals surface area contributed by atoms with Gasteiger partial charge >= 0.3 is 0 Å². The molecule has 1 unspecified atom stereocenters. The normalized spacial score (nSPS) is 20.0. The molecule has 1 heterocycles. The molecule has 4 nitrogen and oxygen atoms in total. The first-order valence-corrected chi connectivity index (χ1v) is 5.95. The average Bonchev–Trinajstić information content (AvgIpc) is 2.40. The molecule has 0 spiro atoms. The molecule has 0 bridgehead atoms. The second-order valence-corrected chi connectivity index (χ2v) is 4.15. The summed E-state index contributed by atoms with van der Waals surface area (Å²) < 4.78 is 16.6. The van der Waals surface area contributed by atoms with Crippen LogP contribution in [-0.4, -0.2) is 26.4 Å². The lowest BCUT2D eigenvalue weighted by molar-refractivity contribution is 0.00643. The molecule has 0 amide bonds. The van der Waals surface area contributed by atoms with Crippen molar-refractivity contribution in [1.82, 2.24) is 0 Å². The van der Waals surface area contributed by atoms with E-state index in [0.717, 1.165) is 36.5 Å². The smallest absolute Gasteiger partial charge is 0.161 e. The number of rotatable bonds is 4. The van der Waals surface area contributed by atoms with E-state index in [4.69, 9.17) is 19.9 Å². The molecule has 0 radical (unpaired) electrons. The Morgan fingerprint density at radius 1 is 1.41 bits per heavy atom. The van der Waals surface area contributed by atoms with Crippen LogP contribution in [0, 0.1) is 0 Å². The third-order valence-electron chi connectivity index (χ3n) is 2.88. The summed E-state index contributed by atoms with van der Waals surface area (Å²) in [5, 5.41) is 0. The molecule has 2 N–H and O–H groups in total. The van der Waals surface area contributed by atoms with Crippen molar-refractivity contribution < 1.29 is 14.2 Å². The van der Waals surface area contributed by atoms with Crippen molar-refractivity contribution in [2.24, 2.45) is 5.73 Å². The fraction of sp³-hybridized carbons (Fsp3) is 0.538. The Labute approximate surface area is 102 Å². The second-order valence-electron chi connectivity index (χ2n) is 4.15. The summed E-state index contributed by atoms with van der Waals surface area (Å²) in [6.45, 7) is 1.99. The quantitative estimate of drug-likeness (QED) is 0.866. The summed E-state index contributed by atoms with van der Waals surface area (Å²) in [5.74, 6) is 1.50. The van der Waals surface area contributed by atoms with Crippen molar-refractivity contribution in [3.63, 3.8) is 0 Å². The van der Waals surface area contributed by atoms with Gasteiger partial charge in [-0.2, -0.15) is 0 Å². The Morgan fingerprint density at radius 3 is 2.94 bits per heavy atom. The molecular weight excluding hydrogens is 218 g/mol. The Balaban J connectivity index is 2.08. The Bertz CT molecular complexity index is 362. The van der Waals surface area contributed by atoms with Gasteiger partial charge < -0.3 is 19.9 Å². The van der Waals surface area contributed by atoms with Crippen LogP contribution >= 0.6 is 0 Å². The highest BCUT2D eigenvalue weighted by Gasteiger charge is 2.17. The highest BCUT2D eigenvalue weighted by Crippen LogP contribution is 2.30. The lowest BCUT2D eigenvalue weighted by atomic mass is 10.1. The van der Waals surface area contributed by atoms with Gasteiger partial charge in [-0.15, -0.1) is 0 Å². The maximum Gasteiger partial charge on any atom is 0.161 e. The first-order chi connectivity index (χ1) is 8.33. The summed E-state index contributed by atoms with van der Waals surface area (Å²) in [4.78, 5) is 0. The third kappa shape index (κ3) is 3.11. The zero-order valence-electron chi connectivity index (χ0n) is 10.1. The number of nitrogens with two attached hydrogens (primary N) is 1. The molecule has 1 aromatic carbocycles. The molecule has 0 aromatic heterocycles. The van der Waals surface area contributed by atoms with Gasteiger partial charge in [-0.1, -0.05) is 6.07 Å². The van der Waals surface area contributed by atoms with Gasteiger partial charge in [0.2, 0.25) is 0 Å². The summed E-state index contributed by atoms with van der Waals surface area (Å²) >= 11 is 0. The lowest BCUT2D eigenvalue weighted by Gasteiger charge is -2.24. The van der Waals surface area contributed by atoms with E-state index in [0.29, 0.717) is 13.2 Å². The van der Waals surface area contributed by atoms with E-state index in [9.17, 15) is 0 Å². The van der Waals surface area contributed by atoms with E-state index < -0.39 is 0 Å². The molecular formula is C13H19NO3. The molecule has 0 saturated carbocycles. The molecule has 4 heteroatoms. The van der Waals surface area contributed by atoms with Crippen LogP contribution in [-0.2, 0) is 11.3 Å². The van der Waals surface area contributed by atoms with Crippen LogP contribution in [0.5, 0.6) is 11.5 Å². The van der Waals surface area contributed by atoms with Gasteiger partial charge in [0.15, 0.2) is 11.5 Å². The molecule has 1 saturated heterocycles. The van der Waals surface area contributed by atoms with Crippen LogP contribution in [0.3, 0.4) is 0 Å². The molecule has 2 rings (SSSR count). The number of ether oxygens (including phenoxy) is 3. The van der Waals surface area contributed by atoms with Gasteiger partial charge in [0.25, 0.3) is 0 Å². The zero-order chi connectivity index (χ0) is 12.1. The number of hydrogen-bond acceptors (Lipinski definition) is 4. The van der Waals surface area contributed by atoms with Crippen molar-refractivity contribution in [3.05, 3.63) is 23.8 Å². The molecule has 1 aliphatic heterocycles. The Hall–Kier alpha value is -1.26. The minimum atomic E-state index is 0.126. The Morgan fingerprint density at radius 2 is 2.29 bits per heavy atom. The second kappa shape index (κ2) is 5.89. The maximum absolute atomic E-state index is 5.89. The standard InChI is InChI=1S/C13H19NO3/c1-15-13-7-10(8-14)4-5-12(13)17-11-3-2-6-16-9-11/h4-5,7,11H,2-3,6,8-9,14H2,1H3. The van der Waals surface area contributed by atoms with Crippen molar-refractivity contribution in [2.75, 3.05) is 20.3 Å². The summed E-state index contributed by atoms with van der Waals surface area (Å²) in [7, 11) is 1.64. The van der Waals surface area contributed by atoms with Gasteiger partial charge in [-0.3, -0.25) is 0 Å². The maximum atomic E-state index is 5.89. The number of hydrogen-bond donors (Lipinski definition) is 1. The minimum absolute atomic E-state index is 0.126. The molecule has 0 aliphatic carbocycles. The summed E-state index contributed by atoms with van der Waals surface area (Å²) in [6.07, 6.45) is 2.21. The molecule has 1 aromatic rings. The monoisotopic (exact) mass is 237 g/mol. The third-order valence-corrected chi connectivity index (χ3v) is 2.88. The predicted octanol–water partition coefficient (Wildman–Crippen LogP) is 1.71. The first-order valence-electron chi connectivity index (χ1n) is 5.95. The number of methoxy groups -OCH3 is 1. The van der Waals surface area contributed by atoms with E-state index in [1.165, 1.54) is 0 Å². The van der Waals surface area contributed by atoms with Crippen molar-refractivity contribution in [1.29, 1.82) is 0 Å². The van der Waals surface area contributed by atoms with Crippen molar-refractivity contribution >= 4 is 0 Å². The average molecular weight is 237 g/mol. The minimum Gasteiger partial charge on any atom is -0.493 e. The van der Waals surface area contributed by atoms with Crippen LogP contribution in [0.2, 0.25) is 0 Å². The summed E-state index contributed by atoms with van der Waals surface area (Å²) in [6, 6.07) is 5.79. The predicted molar refractivity (Wildman–Crippen MR) is 65.4 cm³/mol. The van der Waals surface area contributed by atoms with Crippen LogP contribution in [0.25, 0.3) is 0 Å². The van der Waals surface area contributed by atoms with Gasteiger partial charge in [-0.05, 0) is 30.5 Å². The molecule has 1 atom stereocenters. The zero-order valence-corrected chi connectivity index (χ0v) is 10.1. The van der Waals surface area contributed by atoms with Gasteiger partial charge in [0.1, 0.15) is 6.10 Å². The van der Waals surface area contributed by atoms with Crippen molar-refractivity contribution in [2.45, 2.75) is 25.5 Å². The largest absolute Gasteiger partial charge is 0.493 e. The van der Waals surface area contributed by atoms with Gasteiger partial charge in [-0.25, -0.2) is 0 Å². The molecule has 94 valence electrons. The highest BCUT2D eigenvalue weighted by molar-refractivity contribution is 5.43. The fourth-order valence-electron chi connectivity index (χ4n) is 1.92. The van der Waals surface area contributed by atoms with Crippen LogP contribution < -0.4 is 15.2 Å². The van der Waals surface area contributed by atoms with E-state index in [-0.39, 0.29) is 6.10 Å². The van der Waals surface area contributed by atoms with Crippen LogP contribution in [0.4, 0.5) is 0 Å². The van der Waals surface area contributed by atoms with E-state index in [1.54, 1.807) is 7.11 Å². The topological polar surface area (TPSA) is 53.7 Å². The van der Waals surface area contributed by atoms with Crippen LogP contribution in [0.1, 0.15) is 18.4 Å². The number of benzene rings is 1. The fourth-order valence-corrected chi connectivity index (χ4v) is 1.92. The first kappa shape index (κ1) is 12.2. The van der Waals surface area contributed by atoms with E-state index >= 15 is 0 Å². The highest BCUT2D eigenvalue weighted by atomic mass is 16.5. The van der Waals surface area contributed by atoms with E-state index in [1.807, 2.05) is 18.2 Å². The molecule has 1 fully saturated rings. The van der Waals surface area contributed by atoms with Crippen LogP contribution in [0.15, 0.2) is 18.2 Å². The SMILES string of the molecule is COc1cc(CN)ccc1OC1CCCOC1. The molecule has 17 heavy (non-hydrogen) atoms. The Kier molecular flexibility index (Phi) is 4.23. The lowest BCUT2D eigenvalue weighted by Crippen LogP contribution is -2.28. The summed E-state index contributed by atoms with van der Waals surface area (Å²) in [5.41, 5.74) is 6.63. The van der Waals surface area contributed by atoms with Crippen molar-refractivity contribution in [3.8, 4) is 11.5 Å². The van der Waals surface area contributed by atoms with Gasteiger partial charge in [0, 0.05) is 13.2 Å².